The molecule has 0 saturated heterocycles. The van der Waals surface area contributed by atoms with E-state index in [1.54, 1.807) is 0 Å². The molecular weight excluding hydrogens is 354 g/mol. The number of rotatable bonds is 7. The van der Waals surface area contributed by atoms with E-state index in [0.717, 1.165) is 35.9 Å². The second-order valence-electron chi connectivity index (χ2n) is 8.60. The number of ether oxygens (including phenoxy) is 3. The van der Waals surface area contributed by atoms with Crippen LogP contribution in [0.15, 0.2) is 18.2 Å². The first-order chi connectivity index (χ1) is 13.4. The highest BCUT2D eigenvalue weighted by molar-refractivity contribution is 5.66. The Kier molecular flexibility index (Phi) is 6.86. The number of anilines is 1. The molecule has 1 fully saturated rings. The Morgan fingerprint density at radius 2 is 2.00 bits per heavy atom. The fourth-order valence-corrected chi connectivity index (χ4v) is 4.44. The van der Waals surface area contributed by atoms with Crippen LogP contribution in [0.2, 0.25) is 0 Å². The molecule has 2 aliphatic rings. The number of hydrogen-bond donors (Lipinski definition) is 1. The van der Waals surface area contributed by atoms with Crippen molar-refractivity contribution in [2.45, 2.75) is 84.0 Å². The molecule has 1 aromatic carbocycles. The summed E-state index contributed by atoms with van der Waals surface area (Å²) in [6, 6.07) is 6.07. The molecule has 1 aliphatic heterocycles. The van der Waals surface area contributed by atoms with E-state index in [4.69, 9.17) is 14.2 Å². The highest BCUT2D eigenvalue weighted by Crippen LogP contribution is 2.44. The van der Waals surface area contributed by atoms with E-state index in [-0.39, 0.29) is 12.1 Å². The molecule has 0 radical (unpaired) electrons. The van der Waals surface area contributed by atoms with Crippen molar-refractivity contribution in [2.75, 3.05) is 18.5 Å². The highest BCUT2D eigenvalue weighted by Gasteiger charge is 2.47. The minimum atomic E-state index is -0.659. The van der Waals surface area contributed by atoms with E-state index in [9.17, 15) is 4.79 Å². The van der Waals surface area contributed by atoms with Gasteiger partial charge in [0.1, 0.15) is 17.5 Å². The average Bonchev–Trinajstić information content (AvgIpc) is 2.65. The van der Waals surface area contributed by atoms with Crippen LogP contribution < -0.4 is 10.1 Å². The van der Waals surface area contributed by atoms with Gasteiger partial charge in [-0.15, -0.1) is 0 Å². The molecule has 28 heavy (non-hydrogen) atoms. The van der Waals surface area contributed by atoms with Crippen LogP contribution >= 0.6 is 0 Å². The van der Waals surface area contributed by atoms with Gasteiger partial charge in [0.25, 0.3) is 0 Å². The second-order valence-corrected chi connectivity index (χ2v) is 8.60. The summed E-state index contributed by atoms with van der Waals surface area (Å²) in [5.41, 5.74) is 1.31. The molecule has 1 aliphatic carbocycles. The molecule has 1 heterocycles. The molecule has 2 unspecified atom stereocenters. The van der Waals surface area contributed by atoms with Crippen molar-refractivity contribution in [3.63, 3.8) is 0 Å². The highest BCUT2D eigenvalue weighted by atomic mass is 16.6. The van der Waals surface area contributed by atoms with Gasteiger partial charge in [0.2, 0.25) is 0 Å². The van der Waals surface area contributed by atoms with Gasteiger partial charge in [-0.1, -0.05) is 32.1 Å². The Hall–Kier alpha value is -1.75. The van der Waals surface area contributed by atoms with Crippen molar-refractivity contribution in [2.24, 2.45) is 5.92 Å². The van der Waals surface area contributed by atoms with Gasteiger partial charge in [-0.3, -0.25) is 4.79 Å². The number of benzene rings is 1. The lowest BCUT2D eigenvalue weighted by Gasteiger charge is -2.43. The molecular formula is C23H35NO4. The molecule has 0 amide bonds. The number of esters is 1. The maximum Gasteiger partial charge on any atom is 0.303 e. The Morgan fingerprint density at radius 1 is 1.25 bits per heavy atom. The maximum atomic E-state index is 11.8. The summed E-state index contributed by atoms with van der Waals surface area (Å²) in [5.74, 6) is 1.24. The van der Waals surface area contributed by atoms with Crippen LogP contribution in [0.25, 0.3) is 0 Å². The van der Waals surface area contributed by atoms with Crippen LogP contribution in [0.3, 0.4) is 0 Å². The first-order valence-corrected chi connectivity index (χ1v) is 10.8. The molecule has 1 N–H and O–H groups in total. The SMILES string of the molecule is CCNc1ccc2c(c1)C(OCCC1CCCCC1)C(OC(C)=O)C(C)(C)O2. The van der Waals surface area contributed by atoms with Gasteiger partial charge >= 0.3 is 5.97 Å². The van der Waals surface area contributed by atoms with E-state index in [1.807, 2.05) is 26.0 Å². The Labute approximate surface area is 169 Å². The van der Waals surface area contributed by atoms with Gasteiger partial charge in [-0.25, -0.2) is 0 Å². The molecule has 0 aromatic heterocycles. The third-order valence-electron chi connectivity index (χ3n) is 5.87. The smallest absolute Gasteiger partial charge is 0.303 e. The standard InChI is InChI=1S/C23H35NO4/c1-5-24-18-11-12-20-19(15-18)21(22(27-16(2)25)23(3,4)28-20)26-14-13-17-9-7-6-8-10-17/h11-12,15,17,21-22,24H,5-10,13-14H2,1-4H3. The third-order valence-corrected chi connectivity index (χ3v) is 5.87. The van der Waals surface area contributed by atoms with E-state index >= 15 is 0 Å². The minimum absolute atomic E-state index is 0.311. The molecule has 0 bridgehead atoms. The molecule has 1 saturated carbocycles. The fourth-order valence-electron chi connectivity index (χ4n) is 4.44. The molecule has 0 spiro atoms. The Bertz CT molecular complexity index is 667. The van der Waals surface area contributed by atoms with E-state index in [0.29, 0.717) is 6.61 Å². The second kappa shape index (κ2) is 9.17. The normalized spacial score (nSPS) is 24.1. The van der Waals surface area contributed by atoms with Gasteiger partial charge < -0.3 is 19.5 Å². The van der Waals surface area contributed by atoms with Crippen molar-refractivity contribution in [1.29, 1.82) is 0 Å². The van der Waals surface area contributed by atoms with E-state index in [2.05, 4.69) is 18.3 Å². The number of nitrogens with one attached hydrogen (secondary N) is 1. The summed E-state index contributed by atoms with van der Waals surface area (Å²) in [7, 11) is 0. The average molecular weight is 390 g/mol. The summed E-state index contributed by atoms with van der Waals surface area (Å²) in [6.07, 6.45) is 6.88. The summed E-state index contributed by atoms with van der Waals surface area (Å²) >= 11 is 0. The number of hydrogen-bond acceptors (Lipinski definition) is 5. The van der Waals surface area contributed by atoms with Gasteiger partial charge in [-0.2, -0.15) is 0 Å². The lowest BCUT2D eigenvalue weighted by molar-refractivity contribution is -0.182. The molecule has 3 rings (SSSR count). The summed E-state index contributed by atoms with van der Waals surface area (Å²) in [5, 5.41) is 3.34. The summed E-state index contributed by atoms with van der Waals surface area (Å²) < 4.78 is 18.3. The Balaban J connectivity index is 1.82. The predicted octanol–water partition coefficient (Wildman–Crippen LogP) is 5.25. The first-order valence-electron chi connectivity index (χ1n) is 10.8. The quantitative estimate of drug-likeness (QED) is 0.646. The zero-order chi connectivity index (χ0) is 20.1. The Morgan fingerprint density at radius 3 is 2.68 bits per heavy atom. The zero-order valence-corrected chi connectivity index (χ0v) is 17.8. The number of carbonyl (C=O) groups excluding carboxylic acids is 1. The van der Waals surface area contributed by atoms with Gasteiger partial charge in [0, 0.05) is 31.3 Å². The number of carbonyl (C=O) groups is 1. The molecule has 1 aromatic rings. The van der Waals surface area contributed by atoms with Crippen molar-refractivity contribution < 1.29 is 19.0 Å². The molecule has 2 atom stereocenters. The summed E-state index contributed by atoms with van der Waals surface area (Å²) in [4.78, 5) is 11.8. The van der Waals surface area contributed by atoms with Crippen molar-refractivity contribution in [3.8, 4) is 5.75 Å². The van der Waals surface area contributed by atoms with Gasteiger partial charge in [0.05, 0.1) is 0 Å². The van der Waals surface area contributed by atoms with Crippen LogP contribution in [0.4, 0.5) is 5.69 Å². The van der Waals surface area contributed by atoms with Crippen molar-refractivity contribution >= 4 is 11.7 Å². The van der Waals surface area contributed by atoms with Gasteiger partial charge in [-0.05, 0) is 51.3 Å². The van der Waals surface area contributed by atoms with E-state index < -0.39 is 11.7 Å². The van der Waals surface area contributed by atoms with Crippen LogP contribution in [-0.2, 0) is 14.3 Å². The number of fused-ring (bicyclic) bond motifs is 1. The van der Waals surface area contributed by atoms with E-state index in [1.165, 1.54) is 39.0 Å². The predicted molar refractivity (Wildman–Crippen MR) is 111 cm³/mol. The summed E-state index contributed by atoms with van der Waals surface area (Å²) in [6.45, 7) is 8.94. The third kappa shape index (κ3) is 4.99. The molecule has 5 nitrogen and oxygen atoms in total. The minimum Gasteiger partial charge on any atom is -0.483 e. The maximum absolute atomic E-state index is 11.8. The van der Waals surface area contributed by atoms with Crippen LogP contribution in [-0.4, -0.2) is 30.8 Å². The van der Waals surface area contributed by atoms with Gasteiger partial charge in [0.15, 0.2) is 6.10 Å². The van der Waals surface area contributed by atoms with Crippen molar-refractivity contribution in [3.05, 3.63) is 23.8 Å². The zero-order valence-electron chi connectivity index (χ0n) is 17.8. The lowest BCUT2D eigenvalue weighted by Crippen LogP contribution is -2.51. The van der Waals surface area contributed by atoms with Crippen LogP contribution in [0.1, 0.15) is 77.9 Å². The monoisotopic (exact) mass is 389 g/mol. The van der Waals surface area contributed by atoms with Crippen molar-refractivity contribution in [1.82, 2.24) is 0 Å². The van der Waals surface area contributed by atoms with Crippen LogP contribution in [0, 0.1) is 5.92 Å². The first kappa shape index (κ1) is 21.0. The molecule has 156 valence electrons. The molecule has 5 heteroatoms. The lowest BCUT2D eigenvalue weighted by atomic mass is 9.86. The topological polar surface area (TPSA) is 56.8 Å². The largest absolute Gasteiger partial charge is 0.483 e. The fraction of sp³-hybridized carbons (Fsp3) is 0.696. The van der Waals surface area contributed by atoms with Crippen LogP contribution in [0.5, 0.6) is 5.75 Å².